The minimum Gasteiger partial charge on any atom is -0.392 e. The Labute approximate surface area is 141 Å². The smallest absolute Gasteiger partial charge is 0.240 e. The molecule has 3 rings (SSSR count). The zero-order valence-corrected chi connectivity index (χ0v) is 14.1. The van der Waals surface area contributed by atoms with Gasteiger partial charge in [0.1, 0.15) is 0 Å². The summed E-state index contributed by atoms with van der Waals surface area (Å²) in [5.74, 6) is 0. The van der Waals surface area contributed by atoms with Crippen molar-refractivity contribution in [2.45, 2.75) is 36.8 Å². The van der Waals surface area contributed by atoms with E-state index in [1.54, 1.807) is 12.1 Å². The van der Waals surface area contributed by atoms with E-state index >= 15 is 0 Å². The van der Waals surface area contributed by atoms with Crippen molar-refractivity contribution in [2.24, 2.45) is 0 Å². The van der Waals surface area contributed by atoms with Crippen LogP contribution in [0.15, 0.2) is 47.4 Å². The average molecular weight is 352 g/mol. The van der Waals surface area contributed by atoms with Crippen LogP contribution in [0.2, 0.25) is 5.02 Å². The van der Waals surface area contributed by atoms with Crippen LogP contribution >= 0.6 is 11.6 Å². The lowest BCUT2D eigenvalue weighted by atomic mass is 9.88. The molecule has 0 saturated carbocycles. The predicted molar refractivity (Wildman–Crippen MR) is 90.0 cm³/mol. The molecule has 6 heteroatoms. The van der Waals surface area contributed by atoms with Gasteiger partial charge in [0.05, 0.1) is 11.5 Å². The zero-order chi connectivity index (χ0) is 16.4. The minimum absolute atomic E-state index is 0.0277. The first-order valence-electron chi connectivity index (χ1n) is 7.47. The normalized spacial score (nSPS) is 17.7. The van der Waals surface area contributed by atoms with Gasteiger partial charge in [0.2, 0.25) is 10.0 Å². The van der Waals surface area contributed by atoms with Gasteiger partial charge in [0, 0.05) is 11.1 Å². The van der Waals surface area contributed by atoms with Crippen molar-refractivity contribution < 1.29 is 13.5 Å². The van der Waals surface area contributed by atoms with Crippen LogP contribution < -0.4 is 4.72 Å². The van der Waals surface area contributed by atoms with Gasteiger partial charge in [-0.2, -0.15) is 0 Å². The van der Waals surface area contributed by atoms with E-state index in [9.17, 15) is 13.5 Å². The van der Waals surface area contributed by atoms with Crippen molar-refractivity contribution in [1.82, 2.24) is 4.72 Å². The quantitative estimate of drug-likeness (QED) is 0.890. The van der Waals surface area contributed by atoms with Crippen LogP contribution in [0.25, 0.3) is 0 Å². The molecule has 23 heavy (non-hydrogen) atoms. The van der Waals surface area contributed by atoms with E-state index in [0.717, 1.165) is 24.0 Å². The average Bonchev–Trinajstić information content (AvgIpc) is 2.54. The van der Waals surface area contributed by atoms with Crippen molar-refractivity contribution in [2.75, 3.05) is 0 Å². The lowest BCUT2D eigenvalue weighted by Gasteiger charge is -2.25. The first kappa shape index (κ1) is 16.5. The largest absolute Gasteiger partial charge is 0.392 e. The van der Waals surface area contributed by atoms with Crippen molar-refractivity contribution in [3.8, 4) is 0 Å². The van der Waals surface area contributed by atoms with Gasteiger partial charge in [-0.15, -0.1) is 0 Å². The van der Waals surface area contributed by atoms with Crippen LogP contribution in [0, 0.1) is 0 Å². The van der Waals surface area contributed by atoms with E-state index < -0.39 is 10.0 Å². The Balaban J connectivity index is 1.75. The van der Waals surface area contributed by atoms with E-state index in [1.165, 1.54) is 17.7 Å². The Bertz CT molecular complexity index is 803. The summed E-state index contributed by atoms with van der Waals surface area (Å²) in [5.41, 5.74) is 3.22. The van der Waals surface area contributed by atoms with Gasteiger partial charge in [0.25, 0.3) is 0 Å². The summed E-state index contributed by atoms with van der Waals surface area (Å²) >= 11 is 5.80. The fourth-order valence-corrected chi connectivity index (χ4v) is 4.31. The highest BCUT2D eigenvalue weighted by molar-refractivity contribution is 7.89. The predicted octanol–water partition coefficient (Wildman–Crippen LogP) is 2.67. The van der Waals surface area contributed by atoms with Crippen molar-refractivity contribution in [3.05, 3.63) is 64.2 Å². The molecule has 0 aromatic heterocycles. The molecule has 0 radical (unpaired) electrons. The molecule has 0 amide bonds. The van der Waals surface area contributed by atoms with Gasteiger partial charge in [-0.1, -0.05) is 29.8 Å². The van der Waals surface area contributed by atoms with Crippen molar-refractivity contribution in [3.63, 3.8) is 0 Å². The number of hydrogen-bond donors (Lipinski definition) is 2. The zero-order valence-electron chi connectivity index (χ0n) is 12.5. The summed E-state index contributed by atoms with van der Waals surface area (Å²) < 4.78 is 27.7. The number of sulfonamides is 1. The summed E-state index contributed by atoms with van der Waals surface area (Å²) in [7, 11) is -3.54. The Morgan fingerprint density at radius 3 is 2.57 bits per heavy atom. The first-order chi connectivity index (χ1) is 11.0. The molecule has 0 aliphatic heterocycles. The van der Waals surface area contributed by atoms with Gasteiger partial charge in [-0.25, -0.2) is 13.1 Å². The summed E-state index contributed by atoms with van der Waals surface area (Å²) in [4.78, 5) is 0.225. The molecule has 0 spiro atoms. The van der Waals surface area contributed by atoms with Gasteiger partial charge in [-0.05, 0) is 60.2 Å². The van der Waals surface area contributed by atoms with Crippen LogP contribution in [-0.4, -0.2) is 19.6 Å². The van der Waals surface area contributed by atoms with Crippen LogP contribution in [0.4, 0.5) is 0 Å². The molecule has 0 bridgehead atoms. The van der Waals surface area contributed by atoms with Crippen molar-refractivity contribution in [1.29, 1.82) is 0 Å². The van der Waals surface area contributed by atoms with E-state index in [1.807, 2.05) is 18.2 Å². The highest BCUT2D eigenvalue weighted by atomic mass is 35.5. The molecule has 1 unspecified atom stereocenters. The molecule has 122 valence electrons. The van der Waals surface area contributed by atoms with Gasteiger partial charge in [0.15, 0.2) is 0 Å². The van der Waals surface area contributed by atoms with E-state index in [0.29, 0.717) is 11.4 Å². The maximum Gasteiger partial charge on any atom is 0.240 e. The standard InChI is InChI=1S/C17H18ClNO3S/c18-15-4-7-17(8-5-15)23(21,22)19-16-6-3-13-9-12(11-20)1-2-14(13)10-16/h1-2,4-5,7-9,16,19-20H,3,6,10-11H2. The fraction of sp³-hybridized carbons (Fsp3) is 0.294. The topological polar surface area (TPSA) is 66.4 Å². The summed E-state index contributed by atoms with van der Waals surface area (Å²) in [6, 6.07) is 11.9. The fourth-order valence-electron chi connectivity index (χ4n) is 2.91. The van der Waals surface area contributed by atoms with Crippen LogP contribution in [0.1, 0.15) is 23.1 Å². The summed E-state index contributed by atoms with van der Waals surface area (Å²) in [6.45, 7) is 0.0277. The molecule has 0 saturated heterocycles. The number of aliphatic hydroxyl groups excluding tert-OH is 1. The molecule has 2 aromatic carbocycles. The molecular weight excluding hydrogens is 334 g/mol. The molecule has 1 atom stereocenters. The van der Waals surface area contributed by atoms with Gasteiger partial charge >= 0.3 is 0 Å². The Morgan fingerprint density at radius 2 is 1.87 bits per heavy atom. The van der Waals surface area contributed by atoms with Crippen molar-refractivity contribution >= 4 is 21.6 Å². The molecule has 2 aromatic rings. The Kier molecular flexibility index (Phi) is 4.73. The lowest BCUT2D eigenvalue weighted by molar-refractivity contribution is 0.281. The second-order valence-electron chi connectivity index (χ2n) is 5.78. The molecule has 0 fully saturated rings. The summed E-state index contributed by atoms with van der Waals surface area (Å²) in [5, 5.41) is 9.70. The third-order valence-electron chi connectivity index (χ3n) is 4.13. The maximum atomic E-state index is 12.4. The van der Waals surface area contributed by atoms with Crippen LogP contribution in [-0.2, 0) is 29.5 Å². The van der Waals surface area contributed by atoms with Crippen LogP contribution in [0.3, 0.4) is 0 Å². The van der Waals surface area contributed by atoms with E-state index in [2.05, 4.69) is 4.72 Å². The number of nitrogens with one attached hydrogen (secondary N) is 1. The highest BCUT2D eigenvalue weighted by Gasteiger charge is 2.24. The number of aliphatic hydroxyl groups is 1. The number of benzene rings is 2. The molecule has 4 nitrogen and oxygen atoms in total. The number of rotatable bonds is 4. The minimum atomic E-state index is -3.54. The Morgan fingerprint density at radius 1 is 1.13 bits per heavy atom. The number of halogens is 1. The third kappa shape index (κ3) is 3.75. The second kappa shape index (κ2) is 6.61. The lowest BCUT2D eigenvalue weighted by Crippen LogP contribution is -2.38. The van der Waals surface area contributed by atoms with Gasteiger partial charge < -0.3 is 5.11 Å². The van der Waals surface area contributed by atoms with Crippen LogP contribution in [0.5, 0.6) is 0 Å². The molecular formula is C17H18ClNO3S. The Hall–Kier alpha value is -1.40. The monoisotopic (exact) mass is 351 g/mol. The molecule has 0 heterocycles. The maximum absolute atomic E-state index is 12.4. The highest BCUT2D eigenvalue weighted by Crippen LogP contribution is 2.24. The van der Waals surface area contributed by atoms with Gasteiger partial charge in [-0.3, -0.25) is 0 Å². The number of hydrogen-bond acceptors (Lipinski definition) is 3. The molecule has 1 aliphatic carbocycles. The third-order valence-corrected chi connectivity index (χ3v) is 5.92. The number of fused-ring (bicyclic) bond motifs is 1. The number of aryl methyl sites for hydroxylation is 1. The SMILES string of the molecule is O=S(=O)(NC1CCc2cc(CO)ccc2C1)c1ccc(Cl)cc1. The van der Waals surface area contributed by atoms with E-state index in [4.69, 9.17) is 11.6 Å². The molecule has 2 N–H and O–H groups in total. The first-order valence-corrected chi connectivity index (χ1v) is 9.33. The summed E-state index contributed by atoms with van der Waals surface area (Å²) in [6.07, 6.45) is 2.21. The second-order valence-corrected chi connectivity index (χ2v) is 7.93. The van der Waals surface area contributed by atoms with E-state index in [-0.39, 0.29) is 17.5 Å². The molecule has 1 aliphatic rings.